The standard InChI is InChI=1S/C20H26O4S2/c1-4-20(3,5-2)16-19(25(21,22)17-12-8-6-9-13-17)26(23,24)18-14-10-7-11-15-18/h6-15,19H,4-5,16H2,1-3H3. The number of rotatable bonds is 8. The van der Waals surface area contributed by atoms with Gasteiger partial charge in [0.2, 0.25) is 0 Å². The van der Waals surface area contributed by atoms with Gasteiger partial charge in [-0.05, 0) is 36.1 Å². The lowest BCUT2D eigenvalue weighted by molar-refractivity contribution is 0.279. The first-order valence-electron chi connectivity index (χ1n) is 8.75. The second kappa shape index (κ2) is 7.92. The third-order valence-electron chi connectivity index (χ3n) is 5.20. The fourth-order valence-corrected chi connectivity index (χ4v) is 7.78. The van der Waals surface area contributed by atoms with Crippen LogP contribution in [0.25, 0.3) is 0 Å². The highest BCUT2D eigenvalue weighted by molar-refractivity contribution is 8.09. The molecule has 26 heavy (non-hydrogen) atoms. The van der Waals surface area contributed by atoms with Crippen molar-refractivity contribution in [3.8, 4) is 0 Å². The van der Waals surface area contributed by atoms with Gasteiger partial charge in [0, 0.05) is 0 Å². The summed E-state index contributed by atoms with van der Waals surface area (Å²) in [6.07, 6.45) is 1.47. The van der Waals surface area contributed by atoms with Crippen LogP contribution in [-0.2, 0) is 19.7 Å². The molecule has 6 heteroatoms. The van der Waals surface area contributed by atoms with Crippen molar-refractivity contribution in [3.05, 3.63) is 60.7 Å². The molecule has 0 aromatic heterocycles. The number of sulfone groups is 2. The van der Waals surface area contributed by atoms with E-state index in [4.69, 9.17) is 0 Å². The molecule has 0 saturated carbocycles. The molecule has 0 atom stereocenters. The molecule has 0 saturated heterocycles. The number of benzene rings is 2. The van der Waals surface area contributed by atoms with Crippen molar-refractivity contribution < 1.29 is 16.8 Å². The highest BCUT2D eigenvalue weighted by atomic mass is 32.3. The van der Waals surface area contributed by atoms with Crippen LogP contribution in [0.1, 0.15) is 40.0 Å². The lowest BCUT2D eigenvalue weighted by atomic mass is 9.82. The zero-order valence-corrected chi connectivity index (χ0v) is 17.1. The second-order valence-corrected chi connectivity index (χ2v) is 11.4. The van der Waals surface area contributed by atoms with E-state index in [0.717, 1.165) is 0 Å². The van der Waals surface area contributed by atoms with Crippen LogP contribution < -0.4 is 0 Å². The van der Waals surface area contributed by atoms with E-state index in [9.17, 15) is 16.8 Å². The molecule has 2 aromatic rings. The zero-order chi connectivity index (χ0) is 19.4. The first kappa shape index (κ1) is 20.6. The Labute approximate surface area is 157 Å². The molecule has 0 aliphatic heterocycles. The summed E-state index contributed by atoms with van der Waals surface area (Å²) in [7, 11) is -8.10. The molecule has 0 fully saturated rings. The van der Waals surface area contributed by atoms with E-state index in [1.54, 1.807) is 36.4 Å². The largest absolute Gasteiger partial charge is 0.222 e. The smallest absolute Gasteiger partial charge is 0.195 e. The van der Waals surface area contributed by atoms with Crippen LogP contribution in [0.4, 0.5) is 0 Å². The van der Waals surface area contributed by atoms with Crippen molar-refractivity contribution in [2.24, 2.45) is 5.41 Å². The maximum atomic E-state index is 13.3. The Kier molecular flexibility index (Phi) is 6.29. The molecule has 0 spiro atoms. The molecule has 0 N–H and O–H groups in total. The molecule has 0 amide bonds. The molecular weight excluding hydrogens is 368 g/mol. The topological polar surface area (TPSA) is 68.3 Å². The SMILES string of the molecule is CCC(C)(CC)CC(S(=O)(=O)c1ccccc1)S(=O)(=O)c1ccccc1. The lowest BCUT2D eigenvalue weighted by Crippen LogP contribution is -2.36. The van der Waals surface area contributed by atoms with Crippen LogP contribution in [0.3, 0.4) is 0 Å². The Balaban J connectivity index is 2.64. The van der Waals surface area contributed by atoms with Crippen LogP contribution in [0.5, 0.6) is 0 Å². The minimum atomic E-state index is -4.05. The Morgan fingerprint density at radius 2 is 1.08 bits per heavy atom. The molecule has 0 bridgehead atoms. The van der Waals surface area contributed by atoms with Crippen LogP contribution >= 0.6 is 0 Å². The summed E-state index contributed by atoms with van der Waals surface area (Å²) in [5.41, 5.74) is -0.381. The van der Waals surface area contributed by atoms with Crippen molar-refractivity contribution in [1.29, 1.82) is 0 Å². The van der Waals surface area contributed by atoms with Gasteiger partial charge in [0.05, 0.1) is 9.79 Å². The van der Waals surface area contributed by atoms with Crippen molar-refractivity contribution in [1.82, 2.24) is 0 Å². The molecule has 142 valence electrons. The monoisotopic (exact) mass is 394 g/mol. The van der Waals surface area contributed by atoms with Gasteiger partial charge in [0.25, 0.3) is 0 Å². The summed E-state index contributed by atoms with van der Waals surface area (Å²) in [4.78, 5) is 0.0816. The van der Waals surface area contributed by atoms with Crippen molar-refractivity contribution in [2.45, 2.75) is 54.4 Å². The van der Waals surface area contributed by atoms with E-state index < -0.39 is 24.3 Å². The van der Waals surface area contributed by atoms with Crippen LogP contribution in [0.2, 0.25) is 0 Å². The molecular formula is C20H26O4S2. The lowest BCUT2D eigenvalue weighted by Gasteiger charge is -2.31. The van der Waals surface area contributed by atoms with Gasteiger partial charge >= 0.3 is 0 Å². The predicted octanol–water partition coefficient (Wildman–Crippen LogP) is 4.48. The van der Waals surface area contributed by atoms with E-state index in [1.165, 1.54) is 24.3 Å². The zero-order valence-electron chi connectivity index (χ0n) is 15.4. The van der Waals surface area contributed by atoms with E-state index in [-0.39, 0.29) is 21.6 Å². The van der Waals surface area contributed by atoms with E-state index in [0.29, 0.717) is 12.8 Å². The molecule has 0 heterocycles. The van der Waals surface area contributed by atoms with E-state index >= 15 is 0 Å². The predicted molar refractivity (Wildman–Crippen MR) is 104 cm³/mol. The van der Waals surface area contributed by atoms with Gasteiger partial charge in [-0.2, -0.15) is 0 Å². The van der Waals surface area contributed by atoms with Gasteiger partial charge in [-0.3, -0.25) is 0 Å². The van der Waals surface area contributed by atoms with Gasteiger partial charge in [-0.25, -0.2) is 16.8 Å². The van der Waals surface area contributed by atoms with Crippen molar-refractivity contribution in [3.63, 3.8) is 0 Å². The maximum Gasteiger partial charge on any atom is 0.195 e. The minimum absolute atomic E-state index is 0.0408. The molecule has 0 unspecified atom stereocenters. The molecule has 0 aliphatic rings. The van der Waals surface area contributed by atoms with Crippen molar-refractivity contribution >= 4 is 19.7 Å². The van der Waals surface area contributed by atoms with Gasteiger partial charge in [-0.15, -0.1) is 0 Å². The maximum absolute atomic E-state index is 13.3. The minimum Gasteiger partial charge on any atom is -0.222 e. The van der Waals surface area contributed by atoms with E-state index in [2.05, 4.69) is 0 Å². The molecule has 0 aliphatic carbocycles. The van der Waals surface area contributed by atoms with Crippen LogP contribution in [-0.4, -0.2) is 21.4 Å². The summed E-state index contributed by atoms with van der Waals surface area (Å²) >= 11 is 0. The Hall–Kier alpha value is -1.66. The molecule has 0 radical (unpaired) electrons. The van der Waals surface area contributed by atoms with Gasteiger partial charge in [-0.1, -0.05) is 70.0 Å². The van der Waals surface area contributed by atoms with Gasteiger partial charge < -0.3 is 0 Å². The summed E-state index contributed by atoms with van der Waals surface area (Å²) in [6, 6.07) is 15.7. The number of hydrogen-bond acceptors (Lipinski definition) is 4. The fraction of sp³-hybridized carbons (Fsp3) is 0.400. The third-order valence-corrected chi connectivity index (χ3v) is 10.3. The number of hydrogen-bond donors (Lipinski definition) is 0. The summed E-state index contributed by atoms with van der Waals surface area (Å²) in [6.45, 7) is 5.87. The quantitative estimate of drug-likeness (QED) is 0.662. The fourth-order valence-electron chi connectivity index (χ4n) is 2.85. The second-order valence-electron chi connectivity index (χ2n) is 6.87. The first-order valence-corrected chi connectivity index (χ1v) is 11.8. The van der Waals surface area contributed by atoms with Gasteiger partial charge in [0.15, 0.2) is 24.3 Å². The summed E-state index contributed by atoms with van der Waals surface area (Å²) in [5.74, 6) is 0. The third kappa shape index (κ3) is 4.18. The Morgan fingerprint density at radius 1 is 0.731 bits per heavy atom. The molecule has 2 rings (SSSR count). The van der Waals surface area contributed by atoms with Gasteiger partial charge in [0.1, 0.15) is 0 Å². The van der Waals surface area contributed by atoms with Crippen LogP contribution in [0.15, 0.2) is 70.5 Å². The molecule has 2 aromatic carbocycles. The van der Waals surface area contributed by atoms with E-state index in [1.807, 2.05) is 20.8 Å². The highest BCUT2D eigenvalue weighted by Crippen LogP contribution is 2.38. The average Bonchev–Trinajstić information content (AvgIpc) is 2.67. The Morgan fingerprint density at radius 3 is 1.38 bits per heavy atom. The van der Waals surface area contributed by atoms with Crippen molar-refractivity contribution in [2.75, 3.05) is 0 Å². The molecule has 4 nitrogen and oxygen atoms in total. The summed E-state index contributed by atoms with van der Waals surface area (Å²) < 4.78 is 51.6. The normalized spacial score (nSPS) is 13.1. The first-order chi connectivity index (χ1) is 12.2. The Bertz CT molecular complexity index is 845. The summed E-state index contributed by atoms with van der Waals surface area (Å²) in [5, 5.41) is 0. The average molecular weight is 395 g/mol. The van der Waals surface area contributed by atoms with Crippen LogP contribution in [0, 0.1) is 5.41 Å². The highest BCUT2D eigenvalue weighted by Gasteiger charge is 2.43.